The molecule has 1 heterocycles. The average Bonchev–Trinajstić information content (AvgIpc) is 2.70. The quantitative estimate of drug-likeness (QED) is 0.660. The zero-order chi connectivity index (χ0) is 23.0. The van der Waals surface area contributed by atoms with Crippen LogP contribution in [0, 0.1) is 5.92 Å². The third kappa shape index (κ3) is 8.28. The van der Waals surface area contributed by atoms with Gasteiger partial charge in [0.1, 0.15) is 11.4 Å². The molecule has 0 saturated carbocycles. The van der Waals surface area contributed by atoms with E-state index in [1.165, 1.54) is 7.11 Å². The summed E-state index contributed by atoms with van der Waals surface area (Å²) in [4.78, 5) is 38.2. The Morgan fingerprint density at radius 1 is 1.16 bits per heavy atom. The Bertz CT molecular complexity index is 786. The molecule has 1 saturated heterocycles. The molecule has 0 bridgehead atoms. The van der Waals surface area contributed by atoms with Gasteiger partial charge in [0.05, 0.1) is 12.7 Å². The van der Waals surface area contributed by atoms with E-state index in [0.717, 1.165) is 12.8 Å². The summed E-state index contributed by atoms with van der Waals surface area (Å²) in [7, 11) is 1.53. The summed E-state index contributed by atoms with van der Waals surface area (Å²) in [5.41, 5.74) is -0.111. The van der Waals surface area contributed by atoms with Gasteiger partial charge in [-0.3, -0.25) is 9.59 Å². The van der Waals surface area contributed by atoms with Gasteiger partial charge in [0.2, 0.25) is 5.91 Å². The van der Waals surface area contributed by atoms with Gasteiger partial charge in [-0.2, -0.15) is 0 Å². The third-order valence-corrected chi connectivity index (χ3v) is 5.14. The second-order valence-electron chi connectivity index (χ2n) is 8.56. The molecular formula is C22H32ClN3O5. The maximum absolute atomic E-state index is 12.8. The summed E-state index contributed by atoms with van der Waals surface area (Å²) in [6, 6.07) is 5.00. The van der Waals surface area contributed by atoms with Crippen molar-refractivity contribution in [2.75, 3.05) is 33.3 Å². The van der Waals surface area contributed by atoms with Crippen molar-refractivity contribution in [3.8, 4) is 5.75 Å². The summed E-state index contributed by atoms with van der Waals surface area (Å²) in [5, 5.41) is 5.96. The molecule has 1 aromatic rings. The van der Waals surface area contributed by atoms with Gasteiger partial charge in [0.25, 0.3) is 5.91 Å². The van der Waals surface area contributed by atoms with Crippen molar-refractivity contribution in [1.82, 2.24) is 15.5 Å². The van der Waals surface area contributed by atoms with Crippen LogP contribution in [0.1, 0.15) is 50.4 Å². The van der Waals surface area contributed by atoms with Gasteiger partial charge in [0, 0.05) is 37.6 Å². The van der Waals surface area contributed by atoms with Crippen LogP contribution < -0.4 is 15.4 Å². The molecule has 9 heteroatoms. The van der Waals surface area contributed by atoms with Crippen LogP contribution in [0.15, 0.2) is 18.2 Å². The molecule has 2 N–H and O–H groups in total. The predicted molar refractivity (Wildman–Crippen MR) is 118 cm³/mol. The van der Waals surface area contributed by atoms with E-state index in [1.54, 1.807) is 43.9 Å². The Kier molecular flexibility index (Phi) is 8.98. The molecule has 0 aliphatic carbocycles. The van der Waals surface area contributed by atoms with E-state index in [-0.39, 0.29) is 24.8 Å². The zero-order valence-electron chi connectivity index (χ0n) is 18.6. The second-order valence-corrected chi connectivity index (χ2v) is 9.00. The summed E-state index contributed by atoms with van der Waals surface area (Å²) < 4.78 is 10.4. The van der Waals surface area contributed by atoms with Gasteiger partial charge in [-0.1, -0.05) is 11.6 Å². The van der Waals surface area contributed by atoms with Gasteiger partial charge in [0.15, 0.2) is 0 Å². The average molecular weight is 454 g/mol. The topological polar surface area (TPSA) is 97.0 Å². The van der Waals surface area contributed by atoms with Gasteiger partial charge in [-0.15, -0.1) is 0 Å². The number of likely N-dealkylation sites (tertiary alicyclic amines) is 1. The number of nitrogens with one attached hydrogen (secondary N) is 2. The summed E-state index contributed by atoms with van der Waals surface area (Å²) in [5.74, 6) is 0.574. The van der Waals surface area contributed by atoms with Gasteiger partial charge in [-0.05, 0) is 57.7 Å². The molecule has 2 rings (SSSR count). The van der Waals surface area contributed by atoms with Crippen LogP contribution in [0.2, 0.25) is 5.02 Å². The Morgan fingerprint density at radius 3 is 2.45 bits per heavy atom. The molecule has 1 aliphatic heterocycles. The van der Waals surface area contributed by atoms with Crippen molar-refractivity contribution >= 4 is 29.5 Å². The smallest absolute Gasteiger partial charge is 0.407 e. The molecule has 0 unspecified atom stereocenters. The summed E-state index contributed by atoms with van der Waals surface area (Å²) in [6.45, 7) is 7.32. The number of carbonyl (C=O) groups excluding carboxylic acids is 3. The van der Waals surface area contributed by atoms with Crippen LogP contribution in [-0.2, 0) is 9.53 Å². The number of nitrogens with zero attached hydrogens (tertiary/aromatic N) is 1. The van der Waals surface area contributed by atoms with E-state index < -0.39 is 11.7 Å². The highest BCUT2D eigenvalue weighted by Gasteiger charge is 2.26. The van der Waals surface area contributed by atoms with Crippen LogP contribution >= 0.6 is 11.6 Å². The van der Waals surface area contributed by atoms with Crippen molar-refractivity contribution in [2.24, 2.45) is 5.92 Å². The van der Waals surface area contributed by atoms with Crippen molar-refractivity contribution in [3.05, 3.63) is 28.8 Å². The van der Waals surface area contributed by atoms with Crippen LogP contribution in [0.3, 0.4) is 0 Å². The fraction of sp³-hybridized carbons (Fsp3) is 0.591. The first-order valence-corrected chi connectivity index (χ1v) is 10.8. The molecular weight excluding hydrogens is 422 g/mol. The number of hydrogen-bond acceptors (Lipinski definition) is 5. The summed E-state index contributed by atoms with van der Waals surface area (Å²) in [6.07, 6.45) is 1.25. The van der Waals surface area contributed by atoms with E-state index in [0.29, 0.717) is 41.9 Å². The Balaban J connectivity index is 1.70. The first kappa shape index (κ1) is 24.8. The number of methoxy groups -OCH3 is 1. The minimum Gasteiger partial charge on any atom is -0.496 e. The number of hydrogen-bond donors (Lipinski definition) is 2. The SMILES string of the molecule is COc1ccc(Cl)cc1C(=O)N1CCC(CNC(=O)CCNC(=O)OC(C)(C)C)CC1. The first-order chi connectivity index (χ1) is 14.6. The van der Waals surface area contributed by atoms with E-state index in [9.17, 15) is 14.4 Å². The highest BCUT2D eigenvalue weighted by atomic mass is 35.5. The zero-order valence-corrected chi connectivity index (χ0v) is 19.4. The maximum Gasteiger partial charge on any atom is 0.407 e. The molecule has 0 spiro atoms. The molecule has 0 aromatic heterocycles. The molecule has 31 heavy (non-hydrogen) atoms. The van der Waals surface area contributed by atoms with Crippen LogP contribution in [-0.4, -0.2) is 61.7 Å². The predicted octanol–water partition coefficient (Wildman–Crippen LogP) is 3.23. The van der Waals surface area contributed by atoms with Crippen molar-refractivity contribution in [2.45, 2.75) is 45.6 Å². The number of carbonyl (C=O) groups is 3. The van der Waals surface area contributed by atoms with Crippen LogP contribution in [0.4, 0.5) is 4.79 Å². The van der Waals surface area contributed by atoms with E-state index >= 15 is 0 Å². The molecule has 1 aliphatic rings. The minimum absolute atomic E-state index is 0.102. The lowest BCUT2D eigenvalue weighted by Gasteiger charge is -2.32. The summed E-state index contributed by atoms with van der Waals surface area (Å²) >= 11 is 6.04. The van der Waals surface area contributed by atoms with Crippen molar-refractivity contribution in [1.29, 1.82) is 0 Å². The van der Waals surface area contributed by atoms with Crippen molar-refractivity contribution in [3.63, 3.8) is 0 Å². The minimum atomic E-state index is -0.569. The highest BCUT2D eigenvalue weighted by Crippen LogP contribution is 2.26. The molecule has 8 nitrogen and oxygen atoms in total. The van der Waals surface area contributed by atoms with Crippen LogP contribution in [0.5, 0.6) is 5.75 Å². The Hall–Kier alpha value is -2.48. The monoisotopic (exact) mass is 453 g/mol. The normalized spacial score (nSPS) is 14.7. The number of halogens is 1. The van der Waals surface area contributed by atoms with E-state index in [4.69, 9.17) is 21.1 Å². The first-order valence-electron chi connectivity index (χ1n) is 10.5. The highest BCUT2D eigenvalue weighted by molar-refractivity contribution is 6.31. The Morgan fingerprint density at radius 2 is 1.84 bits per heavy atom. The number of alkyl carbamates (subject to hydrolysis) is 1. The lowest BCUT2D eigenvalue weighted by molar-refractivity contribution is -0.121. The van der Waals surface area contributed by atoms with Crippen LogP contribution in [0.25, 0.3) is 0 Å². The third-order valence-electron chi connectivity index (χ3n) is 4.90. The molecule has 172 valence electrons. The number of ether oxygens (including phenoxy) is 2. The number of piperidine rings is 1. The second kappa shape index (κ2) is 11.2. The van der Waals surface area contributed by atoms with Gasteiger partial charge in [-0.25, -0.2) is 4.79 Å². The largest absolute Gasteiger partial charge is 0.496 e. The number of amides is 3. The standard InChI is InChI=1S/C22H32ClN3O5/c1-22(2,3)31-21(29)24-10-7-19(27)25-14-15-8-11-26(12-9-15)20(28)17-13-16(23)5-6-18(17)30-4/h5-6,13,15H,7-12,14H2,1-4H3,(H,24,29)(H,25,27). The molecule has 3 amide bonds. The van der Waals surface area contributed by atoms with E-state index in [1.807, 2.05) is 0 Å². The van der Waals surface area contributed by atoms with Gasteiger partial charge >= 0.3 is 6.09 Å². The molecule has 0 radical (unpaired) electrons. The Labute approximate surface area is 188 Å². The number of benzene rings is 1. The fourth-order valence-electron chi connectivity index (χ4n) is 3.30. The number of rotatable bonds is 7. The fourth-order valence-corrected chi connectivity index (χ4v) is 3.47. The molecule has 1 aromatic carbocycles. The maximum atomic E-state index is 12.8. The van der Waals surface area contributed by atoms with Crippen molar-refractivity contribution < 1.29 is 23.9 Å². The van der Waals surface area contributed by atoms with E-state index in [2.05, 4.69) is 10.6 Å². The molecule has 1 fully saturated rings. The lowest BCUT2D eigenvalue weighted by Crippen LogP contribution is -2.42. The molecule has 0 atom stereocenters. The lowest BCUT2D eigenvalue weighted by atomic mass is 9.96. The van der Waals surface area contributed by atoms with Gasteiger partial charge < -0.3 is 25.0 Å².